The van der Waals surface area contributed by atoms with E-state index in [1.54, 1.807) is 13.0 Å². The fourth-order valence-electron chi connectivity index (χ4n) is 2.65. The van der Waals surface area contributed by atoms with Crippen molar-refractivity contribution in [1.82, 2.24) is 4.90 Å². The third kappa shape index (κ3) is 4.61. The maximum Gasteiger partial charge on any atom is 0.128 e. The molecule has 2 unspecified atom stereocenters. The maximum atomic E-state index is 13.4. The molecule has 0 saturated carbocycles. The summed E-state index contributed by atoms with van der Waals surface area (Å²) in [6, 6.07) is 10.3. The van der Waals surface area contributed by atoms with Gasteiger partial charge in [0.2, 0.25) is 0 Å². The van der Waals surface area contributed by atoms with Gasteiger partial charge in [-0.25, -0.2) is 8.78 Å². The number of hydrogen-bond donors (Lipinski definition) is 1. The lowest BCUT2D eigenvalue weighted by atomic mass is 10.0. The first-order chi connectivity index (χ1) is 10.6. The number of nitrogens with two attached hydrogens (primary N) is 1. The van der Waals surface area contributed by atoms with Gasteiger partial charge in [-0.3, -0.25) is 4.90 Å². The summed E-state index contributed by atoms with van der Waals surface area (Å²) in [6.07, 6.45) is 4.63. The monoisotopic (exact) mass is 304 g/mol. The predicted molar refractivity (Wildman–Crippen MR) is 86.4 cm³/mol. The van der Waals surface area contributed by atoms with E-state index < -0.39 is 5.83 Å². The van der Waals surface area contributed by atoms with Crippen molar-refractivity contribution in [3.8, 4) is 0 Å². The van der Waals surface area contributed by atoms with Crippen molar-refractivity contribution < 1.29 is 8.78 Å². The fraction of sp³-hybridized carbons (Fsp3) is 0.333. The van der Waals surface area contributed by atoms with Crippen molar-refractivity contribution >= 4 is 0 Å². The number of benzene rings is 1. The van der Waals surface area contributed by atoms with Crippen LogP contribution < -0.4 is 5.73 Å². The number of allylic oxidation sites excluding steroid dienone is 4. The molecule has 2 atom stereocenters. The second kappa shape index (κ2) is 8.01. The van der Waals surface area contributed by atoms with Crippen LogP contribution in [0.15, 0.2) is 66.3 Å². The summed E-state index contributed by atoms with van der Waals surface area (Å²) in [6.45, 7) is 4.15. The molecule has 2 rings (SSSR count). The average Bonchev–Trinajstić information content (AvgIpc) is 2.85. The SMILES string of the molecule is CC(C=CC1CN(Cc2ccccc2)CC1N)=C(F)C=CF. The molecule has 1 heterocycles. The van der Waals surface area contributed by atoms with Crippen molar-refractivity contribution in [2.24, 2.45) is 11.7 Å². The van der Waals surface area contributed by atoms with Crippen molar-refractivity contribution in [2.75, 3.05) is 13.1 Å². The molecule has 0 amide bonds. The Morgan fingerprint density at radius 3 is 2.68 bits per heavy atom. The van der Waals surface area contributed by atoms with Gasteiger partial charge in [0.05, 0.1) is 6.33 Å². The van der Waals surface area contributed by atoms with Gasteiger partial charge in [0.1, 0.15) is 5.83 Å². The number of halogens is 2. The molecule has 1 fully saturated rings. The van der Waals surface area contributed by atoms with Crippen LogP contribution in [0.3, 0.4) is 0 Å². The van der Waals surface area contributed by atoms with Gasteiger partial charge in [0, 0.05) is 37.7 Å². The third-order valence-corrected chi connectivity index (χ3v) is 3.92. The quantitative estimate of drug-likeness (QED) is 0.840. The Morgan fingerprint density at radius 2 is 2.00 bits per heavy atom. The first kappa shape index (κ1) is 16.6. The fourth-order valence-corrected chi connectivity index (χ4v) is 2.65. The minimum Gasteiger partial charge on any atom is -0.326 e. The van der Waals surface area contributed by atoms with E-state index >= 15 is 0 Å². The van der Waals surface area contributed by atoms with E-state index in [9.17, 15) is 8.78 Å². The average molecular weight is 304 g/mol. The highest BCUT2D eigenvalue weighted by atomic mass is 19.1. The topological polar surface area (TPSA) is 29.3 Å². The molecule has 1 aliphatic rings. The van der Waals surface area contributed by atoms with E-state index in [2.05, 4.69) is 17.0 Å². The molecule has 2 N–H and O–H groups in total. The van der Waals surface area contributed by atoms with E-state index in [1.165, 1.54) is 5.56 Å². The first-order valence-electron chi connectivity index (χ1n) is 7.43. The highest BCUT2D eigenvalue weighted by Crippen LogP contribution is 2.20. The van der Waals surface area contributed by atoms with Gasteiger partial charge in [0.25, 0.3) is 0 Å². The van der Waals surface area contributed by atoms with Crippen LogP contribution in [0.5, 0.6) is 0 Å². The molecular weight excluding hydrogens is 282 g/mol. The Kier molecular flexibility index (Phi) is 6.04. The maximum absolute atomic E-state index is 13.4. The van der Waals surface area contributed by atoms with Crippen LogP contribution in [0.1, 0.15) is 12.5 Å². The smallest absolute Gasteiger partial charge is 0.128 e. The largest absolute Gasteiger partial charge is 0.326 e. The molecule has 0 aromatic heterocycles. The Labute approximate surface area is 130 Å². The third-order valence-electron chi connectivity index (χ3n) is 3.92. The summed E-state index contributed by atoms with van der Waals surface area (Å²) in [5.74, 6) is -0.382. The zero-order valence-corrected chi connectivity index (χ0v) is 12.8. The van der Waals surface area contributed by atoms with Crippen LogP contribution in [-0.4, -0.2) is 24.0 Å². The van der Waals surface area contributed by atoms with Gasteiger partial charge in [-0.05, 0) is 18.1 Å². The summed E-state index contributed by atoms with van der Waals surface area (Å²) in [5.41, 5.74) is 7.83. The second-order valence-corrected chi connectivity index (χ2v) is 5.69. The van der Waals surface area contributed by atoms with Crippen LogP contribution in [0.4, 0.5) is 8.78 Å². The van der Waals surface area contributed by atoms with E-state index in [4.69, 9.17) is 5.73 Å². The molecule has 2 nitrogen and oxygen atoms in total. The molecule has 1 saturated heterocycles. The minimum atomic E-state index is -0.563. The zero-order valence-electron chi connectivity index (χ0n) is 12.8. The normalized spacial score (nSPS) is 24.4. The van der Waals surface area contributed by atoms with Crippen LogP contribution in [0.25, 0.3) is 0 Å². The molecule has 4 heteroatoms. The molecule has 0 radical (unpaired) electrons. The number of hydrogen-bond acceptors (Lipinski definition) is 2. The molecular formula is C18H22F2N2. The minimum absolute atomic E-state index is 0.0348. The van der Waals surface area contributed by atoms with Gasteiger partial charge in [-0.2, -0.15) is 0 Å². The molecule has 22 heavy (non-hydrogen) atoms. The summed E-state index contributed by atoms with van der Waals surface area (Å²) in [5, 5.41) is 0. The van der Waals surface area contributed by atoms with Gasteiger partial charge in [-0.15, -0.1) is 0 Å². The highest BCUT2D eigenvalue weighted by Gasteiger charge is 2.27. The molecule has 118 valence electrons. The summed E-state index contributed by atoms with van der Waals surface area (Å²) >= 11 is 0. The van der Waals surface area contributed by atoms with Crippen molar-refractivity contribution in [2.45, 2.75) is 19.5 Å². The lowest BCUT2D eigenvalue weighted by Gasteiger charge is -2.14. The first-order valence-corrected chi connectivity index (χ1v) is 7.43. The van der Waals surface area contributed by atoms with Crippen LogP contribution in [0.2, 0.25) is 0 Å². The van der Waals surface area contributed by atoms with E-state index in [0.29, 0.717) is 5.57 Å². The molecule has 0 aliphatic carbocycles. The van der Waals surface area contributed by atoms with Crippen molar-refractivity contribution in [3.05, 3.63) is 71.9 Å². The molecule has 1 aromatic rings. The lowest BCUT2D eigenvalue weighted by molar-refractivity contribution is 0.322. The lowest BCUT2D eigenvalue weighted by Crippen LogP contribution is -2.28. The van der Waals surface area contributed by atoms with Gasteiger partial charge >= 0.3 is 0 Å². The van der Waals surface area contributed by atoms with Gasteiger partial charge in [0.15, 0.2) is 0 Å². The van der Waals surface area contributed by atoms with Crippen LogP contribution >= 0.6 is 0 Å². The summed E-state index contributed by atoms with van der Waals surface area (Å²) in [4.78, 5) is 2.30. The van der Waals surface area contributed by atoms with Gasteiger partial charge in [-0.1, -0.05) is 42.5 Å². The molecule has 0 spiro atoms. The Bertz CT molecular complexity index is 564. The van der Waals surface area contributed by atoms with Crippen LogP contribution in [-0.2, 0) is 6.54 Å². The van der Waals surface area contributed by atoms with Crippen molar-refractivity contribution in [1.29, 1.82) is 0 Å². The number of likely N-dealkylation sites (tertiary alicyclic amines) is 1. The molecule has 1 aromatic carbocycles. The van der Waals surface area contributed by atoms with Gasteiger partial charge < -0.3 is 5.73 Å². The van der Waals surface area contributed by atoms with Crippen molar-refractivity contribution in [3.63, 3.8) is 0 Å². The Balaban J connectivity index is 1.95. The standard InChI is InChI=1S/C18H22F2N2/c1-14(17(20)9-10-19)7-8-16-12-22(13-18(16)21)11-15-5-3-2-4-6-15/h2-10,16,18H,11-13,21H2,1H3. The Hall–Kier alpha value is -1.78. The summed E-state index contributed by atoms with van der Waals surface area (Å²) in [7, 11) is 0. The van der Waals surface area contributed by atoms with E-state index in [1.807, 2.05) is 24.3 Å². The Morgan fingerprint density at radius 1 is 1.27 bits per heavy atom. The van der Waals surface area contributed by atoms with E-state index in [-0.39, 0.29) is 18.3 Å². The predicted octanol–water partition coefficient (Wildman–Crippen LogP) is 3.73. The zero-order chi connectivity index (χ0) is 15.9. The molecule has 1 aliphatic heterocycles. The summed E-state index contributed by atoms with van der Waals surface area (Å²) < 4.78 is 25.4. The number of nitrogens with zero attached hydrogens (tertiary/aromatic N) is 1. The second-order valence-electron chi connectivity index (χ2n) is 5.69. The number of rotatable bonds is 5. The highest BCUT2D eigenvalue weighted by molar-refractivity contribution is 5.27. The van der Waals surface area contributed by atoms with Crippen LogP contribution in [0, 0.1) is 5.92 Å². The van der Waals surface area contributed by atoms with E-state index in [0.717, 1.165) is 25.7 Å². The molecule has 0 bridgehead atoms.